The Hall–Kier alpha value is -3.56. The van der Waals surface area contributed by atoms with Gasteiger partial charge in [0.1, 0.15) is 11.5 Å². The Bertz CT molecular complexity index is 1050. The zero-order valence-electron chi connectivity index (χ0n) is 15.7. The minimum atomic E-state index is -4.80. The molecule has 1 fully saturated rings. The van der Waals surface area contributed by atoms with Gasteiger partial charge >= 0.3 is 6.36 Å². The normalized spacial score (nSPS) is 16.7. The van der Waals surface area contributed by atoms with Crippen LogP contribution in [0.5, 0.6) is 11.5 Å². The first-order valence-electron chi connectivity index (χ1n) is 8.96. The Labute approximate surface area is 169 Å². The molecule has 156 valence electrons. The average molecular weight is 419 g/mol. The van der Waals surface area contributed by atoms with Gasteiger partial charge in [-0.25, -0.2) is 0 Å². The van der Waals surface area contributed by atoms with E-state index in [1.54, 1.807) is 36.3 Å². The molecule has 4 rings (SSSR count). The van der Waals surface area contributed by atoms with Crippen molar-refractivity contribution in [2.24, 2.45) is 0 Å². The van der Waals surface area contributed by atoms with Crippen molar-refractivity contribution in [3.63, 3.8) is 0 Å². The smallest absolute Gasteiger partial charge is 0.497 e. The topological polar surface area (TPSA) is 77.7 Å². The Kier molecular flexibility index (Phi) is 5.06. The lowest BCUT2D eigenvalue weighted by Gasteiger charge is -2.16. The van der Waals surface area contributed by atoms with Crippen LogP contribution in [-0.2, 0) is 4.79 Å². The average Bonchev–Trinajstić information content (AvgIpc) is 3.34. The van der Waals surface area contributed by atoms with Gasteiger partial charge in [-0.05, 0) is 42.5 Å². The molecule has 1 saturated heterocycles. The number of rotatable bonds is 5. The van der Waals surface area contributed by atoms with Gasteiger partial charge in [-0.3, -0.25) is 4.79 Å². The fourth-order valence-corrected chi connectivity index (χ4v) is 3.24. The van der Waals surface area contributed by atoms with Gasteiger partial charge in [0.2, 0.25) is 5.91 Å². The molecular formula is C20H16F3N3O4. The molecular weight excluding hydrogens is 403 g/mol. The summed E-state index contributed by atoms with van der Waals surface area (Å²) in [5.41, 5.74) is 1.01. The summed E-state index contributed by atoms with van der Waals surface area (Å²) < 4.78 is 51.5. The zero-order valence-corrected chi connectivity index (χ0v) is 15.7. The highest BCUT2D eigenvalue weighted by Gasteiger charge is 2.35. The number of hydrogen-bond donors (Lipinski definition) is 0. The quantitative estimate of drug-likeness (QED) is 0.618. The molecule has 1 unspecified atom stereocenters. The van der Waals surface area contributed by atoms with Gasteiger partial charge in [0, 0.05) is 30.1 Å². The first-order chi connectivity index (χ1) is 14.3. The molecule has 1 aliphatic rings. The molecule has 0 radical (unpaired) electrons. The molecule has 2 heterocycles. The van der Waals surface area contributed by atoms with Crippen molar-refractivity contribution in [1.82, 2.24) is 10.1 Å². The molecule has 2 aromatic carbocycles. The molecule has 1 aromatic heterocycles. The number of carbonyl (C=O) groups excluding carboxylic acids is 1. The van der Waals surface area contributed by atoms with E-state index in [9.17, 15) is 18.0 Å². The molecule has 1 atom stereocenters. The first kappa shape index (κ1) is 19.7. The lowest BCUT2D eigenvalue weighted by molar-refractivity contribution is -0.274. The van der Waals surface area contributed by atoms with E-state index in [1.165, 1.54) is 18.2 Å². The molecule has 30 heavy (non-hydrogen) atoms. The molecule has 0 N–H and O–H groups in total. The highest BCUT2D eigenvalue weighted by atomic mass is 19.4. The van der Waals surface area contributed by atoms with Crippen LogP contribution in [0.25, 0.3) is 11.5 Å². The van der Waals surface area contributed by atoms with Gasteiger partial charge in [0.15, 0.2) is 5.82 Å². The second kappa shape index (κ2) is 7.69. The second-order valence-corrected chi connectivity index (χ2v) is 6.64. The van der Waals surface area contributed by atoms with Gasteiger partial charge in [-0.1, -0.05) is 11.2 Å². The SMILES string of the molecule is COc1ccc(N2CC(c3noc(-c4cccc(OC(F)(F)F)c4)n3)CC2=O)cc1. The summed E-state index contributed by atoms with van der Waals surface area (Å²) in [5, 5.41) is 3.92. The minimum Gasteiger partial charge on any atom is -0.497 e. The standard InChI is InChI=1S/C20H16F3N3O4/c1-28-15-7-5-14(6-8-15)26-11-13(10-17(26)27)18-24-19(30-25-18)12-3-2-4-16(9-12)29-20(21,22)23/h2-9,13H,10-11H2,1H3. The number of aromatic nitrogens is 2. The fourth-order valence-electron chi connectivity index (χ4n) is 3.24. The molecule has 10 heteroatoms. The van der Waals surface area contributed by atoms with E-state index >= 15 is 0 Å². The summed E-state index contributed by atoms with van der Waals surface area (Å²) in [6, 6.07) is 12.4. The maximum atomic E-state index is 12.5. The van der Waals surface area contributed by atoms with Crippen molar-refractivity contribution in [1.29, 1.82) is 0 Å². The molecule has 7 nitrogen and oxygen atoms in total. The van der Waals surface area contributed by atoms with Crippen LogP contribution in [0.1, 0.15) is 18.2 Å². The summed E-state index contributed by atoms with van der Waals surface area (Å²) in [5.74, 6) is 0.274. The summed E-state index contributed by atoms with van der Waals surface area (Å²) in [7, 11) is 1.56. The Morgan fingerprint density at radius 3 is 2.60 bits per heavy atom. The van der Waals surface area contributed by atoms with Crippen LogP contribution in [0.2, 0.25) is 0 Å². The summed E-state index contributed by atoms with van der Waals surface area (Å²) in [4.78, 5) is 18.4. The van der Waals surface area contributed by atoms with Crippen LogP contribution in [0.3, 0.4) is 0 Å². The van der Waals surface area contributed by atoms with Crippen molar-refractivity contribution < 1.29 is 32.0 Å². The van der Waals surface area contributed by atoms with Crippen molar-refractivity contribution in [3.8, 4) is 23.0 Å². The molecule has 3 aromatic rings. The number of alkyl halides is 3. The van der Waals surface area contributed by atoms with Gasteiger partial charge in [-0.15, -0.1) is 13.2 Å². The third-order valence-electron chi connectivity index (χ3n) is 4.63. The number of methoxy groups -OCH3 is 1. The lowest BCUT2D eigenvalue weighted by atomic mass is 10.1. The summed E-state index contributed by atoms with van der Waals surface area (Å²) in [6.45, 7) is 0.362. The Morgan fingerprint density at radius 2 is 1.90 bits per heavy atom. The molecule has 1 amide bonds. The number of benzene rings is 2. The number of ether oxygens (including phenoxy) is 2. The van der Waals surface area contributed by atoms with Gasteiger partial charge < -0.3 is 18.9 Å². The van der Waals surface area contributed by atoms with Gasteiger partial charge in [-0.2, -0.15) is 4.98 Å². The van der Waals surface area contributed by atoms with Gasteiger partial charge in [0.05, 0.1) is 7.11 Å². The predicted octanol–water partition coefficient (Wildman–Crippen LogP) is 4.16. The van der Waals surface area contributed by atoms with E-state index in [4.69, 9.17) is 9.26 Å². The number of halogens is 3. The third-order valence-corrected chi connectivity index (χ3v) is 4.63. The van der Waals surface area contributed by atoms with Crippen molar-refractivity contribution in [2.75, 3.05) is 18.6 Å². The van der Waals surface area contributed by atoms with Crippen LogP contribution < -0.4 is 14.4 Å². The summed E-state index contributed by atoms with van der Waals surface area (Å²) in [6.07, 6.45) is -4.60. The fraction of sp³-hybridized carbons (Fsp3) is 0.250. The molecule has 0 bridgehead atoms. The van der Waals surface area contributed by atoms with Crippen LogP contribution >= 0.6 is 0 Å². The number of carbonyl (C=O) groups is 1. The van der Waals surface area contributed by atoms with E-state index in [0.717, 1.165) is 11.8 Å². The van der Waals surface area contributed by atoms with E-state index in [2.05, 4.69) is 14.9 Å². The van der Waals surface area contributed by atoms with Crippen LogP contribution in [0.15, 0.2) is 53.1 Å². The monoisotopic (exact) mass is 419 g/mol. The zero-order chi connectivity index (χ0) is 21.3. The Balaban J connectivity index is 1.50. The van der Waals surface area contributed by atoms with E-state index < -0.39 is 6.36 Å². The predicted molar refractivity (Wildman–Crippen MR) is 99.1 cm³/mol. The molecule has 1 aliphatic heterocycles. The first-order valence-corrected chi connectivity index (χ1v) is 8.96. The molecule has 0 aliphatic carbocycles. The largest absolute Gasteiger partial charge is 0.573 e. The maximum absolute atomic E-state index is 12.5. The molecule has 0 spiro atoms. The molecule has 0 saturated carbocycles. The second-order valence-electron chi connectivity index (χ2n) is 6.64. The van der Waals surface area contributed by atoms with Crippen LogP contribution in [0, 0.1) is 0 Å². The van der Waals surface area contributed by atoms with Crippen LogP contribution in [-0.4, -0.2) is 36.1 Å². The third kappa shape index (κ3) is 4.22. The van der Waals surface area contributed by atoms with Crippen LogP contribution in [0.4, 0.5) is 18.9 Å². The van der Waals surface area contributed by atoms with Crippen molar-refractivity contribution >= 4 is 11.6 Å². The minimum absolute atomic E-state index is 0.0490. The van der Waals surface area contributed by atoms with Crippen molar-refractivity contribution in [2.45, 2.75) is 18.7 Å². The Morgan fingerprint density at radius 1 is 1.13 bits per heavy atom. The maximum Gasteiger partial charge on any atom is 0.573 e. The van der Waals surface area contributed by atoms with Crippen molar-refractivity contribution in [3.05, 3.63) is 54.4 Å². The number of anilines is 1. The van der Waals surface area contributed by atoms with E-state index in [-0.39, 0.29) is 35.4 Å². The van der Waals surface area contributed by atoms with Gasteiger partial charge in [0.25, 0.3) is 5.89 Å². The van der Waals surface area contributed by atoms with E-state index in [1.807, 2.05) is 0 Å². The van der Waals surface area contributed by atoms with E-state index in [0.29, 0.717) is 18.1 Å². The number of nitrogens with zero attached hydrogens (tertiary/aromatic N) is 3. The lowest BCUT2D eigenvalue weighted by Crippen LogP contribution is -2.24. The summed E-state index contributed by atoms with van der Waals surface area (Å²) >= 11 is 0. The number of amides is 1. The highest BCUT2D eigenvalue weighted by Crippen LogP contribution is 2.33. The highest BCUT2D eigenvalue weighted by molar-refractivity contribution is 5.96. The number of hydrogen-bond acceptors (Lipinski definition) is 6.